The zero-order valence-corrected chi connectivity index (χ0v) is 15.3. The van der Waals surface area contributed by atoms with Crippen molar-refractivity contribution >= 4 is 22.6 Å². The van der Waals surface area contributed by atoms with Crippen LogP contribution in [-0.4, -0.2) is 58.3 Å². The van der Waals surface area contributed by atoms with Gasteiger partial charge in [-0.1, -0.05) is 6.92 Å². The molecule has 1 unspecified atom stereocenters. The topological polar surface area (TPSA) is 83.1 Å². The number of anilines is 1. The number of nitrogens with zero attached hydrogens (tertiary/aromatic N) is 3. The molecule has 0 aromatic carbocycles. The van der Waals surface area contributed by atoms with Gasteiger partial charge in [0.2, 0.25) is 5.91 Å². The summed E-state index contributed by atoms with van der Waals surface area (Å²) in [6.07, 6.45) is 6.03. The van der Waals surface area contributed by atoms with Gasteiger partial charge in [0.05, 0.1) is 10.9 Å². The number of aromatic amines is 1. The number of carbonyl (C=O) groups is 1. The molecule has 2 saturated heterocycles. The van der Waals surface area contributed by atoms with E-state index in [0.29, 0.717) is 24.8 Å². The summed E-state index contributed by atoms with van der Waals surface area (Å²) >= 11 is 0. The number of fused-ring (bicyclic) bond motifs is 1. The van der Waals surface area contributed by atoms with E-state index >= 15 is 0 Å². The van der Waals surface area contributed by atoms with E-state index in [4.69, 9.17) is 4.74 Å². The van der Waals surface area contributed by atoms with Crippen LogP contribution in [0.25, 0.3) is 10.9 Å². The molecule has 0 saturated carbocycles. The Morgan fingerprint density at radius 3 is 3.00 bits per heavy atom. The van der Waals surface area contributed by atoms with Gasteiger partial charge >= 0.3 is 0 Å². The minimum absolute atomic E-state index is 0.236. The zero-order chi connectivity index (χ0) is 17.9. The lowest BCUT2D eigenvalue weighted by molar-refractivity contribution is -0.130. The van der Waals surface area contributed by atoms with E-state index in [1.165, 1.54) is 0 Å². The van der Waals surface area contributed by atoms with Crippen molar-refractivity contribution in [3.8, 4) is 0 Å². The number of nitrogens with one attached hydrogen (secondary N) is 2. The summed E-state index contributed by atoms with van der Waals surface area (Å²) in [4.78, 5) is 19.0. The first kappa shape index (κ1) is 17.3. The van der Waals surface area contributed by atoms with Crippen molar-refractivity contribution in [2.75, 3.05) is 31.6 Å². The van der Waals surface area contributed by atoms with Crippen LogP contribution in [0, 0.1) is 5.92 Å². The number of hydrogen-bond donors (Lipinski definition) is 2. The Kier molecular flexibility index (Phi) is 5.06. The highest BCUT2D eigenvalue weighted by Gasteiger charge is 2.23. The Balaban J connectivity index is 1.47. The molecule has 4 heterocycles. The van der Waals surface area contributed by atoms with Gasteiger partial charge in [0.25, 0.3) is 0 Å². The summed E-state index contributed by atoms with van der Waals surface area (Å²) in [6.45, 7) is 5.56. The molecule has 2 aliphatic rings. The highest BCUT2D eigenvalue weighted by atomic mass is 16.5. The zero-order valence-electron chi connectivity index (χ0n) is 15.3. The van der Waals surface area contributed by atoms with Crippen LogP contribution in [0.15, 0.2) is 12.3 Å². The number of pyridine rings is 1. The van der Waals surface area contributed by atoms with E-state index in [0.717, 1.165) is 68.0 Å². The summed E-state index contributed by atoms with van der Waals surface area (Å²) in [5.74, 6) is 1.71. The predicted molar refractivity (Wildman–Crippen MR) is 100 cm³/mol. The molecule has 2 aromatic heterocycles. The number of likely N-dealkylation sites (tertiary alicyclic amines) is 1. The molecule has 7 nitrogen and oxygen atoms in total. The van der Waals surface area contributed by atoms with Crippen molar-refractivity contribution in [3.05, 3.63) is 18.0 Å². The third-order valence-electron chi connectivity index (χ3n) is 5.47. The van der Waals surface area contributed by atoms with E-state index in [1.807, 2.05) is 11.0 Å². The lowest BCUT2D eigenvalue weighted by Crippen LogP contribution is -2.29. The third-order valence-corrected chi connectivity index (χ3v) is 5.47. The Labute approximate surface area is 153 Å². The lowest BCUT2D eigenvalue weighted by atomic mass is 10.1. The van der Waals surface area contributed by atoms with E-state index in [-0.39, 0.29) is 5.91 Å². The number of H-pyrrole nitrogens is 1. The maximum atomic E-state index is 12.5. The molecule has 140 valence electrons. The Morgan fingerprint density at radius 2 is 2.23 bits per heavy atom. The summed E-state index contributed by atoms with van der Waals surface area (Å²) < 4.78 is 5.43. The second-order valence-electron chi connectivity index (χ2n) is 7.52. The lowest BCUT2D eigenvalue weighted by Gasteiger charge is -2.24. The maximum absolute atomic E-state index is 12.5. The van der Waals surface area contributed by atoms with Gasteiger partial charge in [-0.15, -0.1) is 0 Å². The minimum atomic E-state index is 0.236. The third kappa shape index (κ3) is 3.67. The van der Waals surface area contributed by atoms with Crippen LogP contribution in [0.3, 0.4) is 0 Å². The van der Waals surface area contributed by atoms with Crippen LogP contribution in [0.1, 0.15) is 38.3 Å². The van der Waals surface area contributed by atoms with Gasteiger partial charge in [0.1, 0.15) is 5.82 Å². The number of rotatable bonds is 5. The van der Waals surface area contributed by atoms with Gasteiger partial charge in [0.15, 0.2) is 0 Å². The molecule has 26 heavy (non-hydrogen) atoms. The number of hydrogen-bond acceptors (Lipinski definition) is 5. The monoisotopic (exact) mass is 357 g/mol. The van der Waals surface area contributed by atoms with Crippen LogP contribution in [-0.2, 0) is 16.0 Å². The Morgan fingerprint density at radius 1 is 1.38 bits per heavy atom. The smallest absolute Gasteiger partial charge is 0.222 e. The number of ether oxygens (including phenoxy) is 1. The molecule has 0 spiro atoms. The van der Waals surface area contributed by atoms with E-state index < -0.39 is 0 Å². The average molecular weight is 357 g/mol. The van der Waals surface area contributed by atoms with Crippen molar-refractivity contribution in [2.45, 2.75) is 45.1 Å². The molecule has 0 bridgehead atoms. The number of aromatic nitrogens is 3. The molecule has 2 aromatic rings. The molecule has 2 N–H and O–H groups in total. The Hall–Kier alpha value is -2.15. The normalized spacial score (nSPS) is 21.4. The molecule has 0 aliphatic carbocycles. The first-order valence-corrected chi connectivity index (χ1v) is 9.64. The highest BCUT2D eigenvalue weighted by Crippen LogP contribution is 2.26. The van der Waals surface area contributed by atoms with Crippen LogP contribution >= 0.6 is 0 Å². The summed E-state index contributed by atoms with van der Waals surface area (Å²) in [7, 11) is 0. The van der Waals surface area contributed by atoms with Gasteiger partial charge in [0, 0.05) is 50.7 Å². The van der Waals surface area contributed by atoms with Crippen molar-refractivity contribution < 1.29 is 9.53 Å². The minimum Gasteiger partial charge on any atom is -0.381 e. The van der Waals surface area contributed by atoms with Crippen molar-refractivity contribution in [3.63, 3.8) is 0 Å². The number of aryl methyl sites for hydroxylation is 1. The summed E-state index contributed by atoms with van der Waals surface area (Å²) in [5.41, 5.74) is 1.88. The fraction of sp³-hybridized carbons (Fsp3) is 0.632. The van der Waals surface area contributed by atoms with Crippen LogP contribution < -0.4 is 5.32 Å². The van der Waals surface area contributed by atoms with E-state index in [1.54, 1.807) is 6.20 Å². The van der Waals surface area contributed by atoms with Crippen molar-refractivity contribution in [2.24, 2.45) is 5.92 Å². The van der Waals surface area contributed by atoms with E-state index in [2.05, 4.69) is 27.4 Å². The predicted octanol–water partition coefficient (Wildman–Crippen LogP) is 2.35. The first-order chi connectivity index (χ1) is 12.7. The van der Waals surface area contributed by atoms with Crippen LogP contribution in [0.2, 0.25) is 0 Å². The quantitative estimate of drug-likeness (QED) is 0.858. The second-order valence-corrected chi connectivity index (χ2v) is 7.52. The van der Waals surface area contributed by atoms with Gasteiger partial charge < -0.3 is 15.0 Å². The second kappa shape index (κ2) is 7.61. The largest absolute Gasteiger partial charge is 0.381 e. The van der Waals surface area contributed by atoms with Gasteiger partial charge in [-0.05, 0) is 37.7 Å². The highest BCUT2D eigenvalue weighted by molar-refractivity contribution is 5.92. The molecule has 2 aliphatic heterocycles. The fourth-order valence-corrected chi connectivity index (χ4v) is 3.90. The molecule has 1 atom stereocenters. The molecule has 4 rings (SSSR count). The summed E-state index contributed by atoms with van der Waals surface area (Å²) in [6, 6.07) is 2.28. The van der Waals surface area contributed by atoms with Crippen molar-refractivity contribution in [1.29, 1.82) is 0 Å². The average Bonchev–Trinajstić information content (AvgIpc) is 3.27. The standard InChI is InChI=1S/C19H27N5O2/c1-13-5-9-24(12-13)17(25)3-2-15-18-16(23-22-15)4-8-20-19(18)21-14-6-10-26-11-7-14/h4,8,13-14H,2-3,5-7,9-12H2,1H3,(H,20,21)(H,22,23). The Bertz CT molecular complexity index is 768. The van der Waals surface area contributed by atoms with Crippen molar-refractivity contribution in [1.82, 2.24) is 20.1 Å². The molecular weight excluding hydrogens is 330 g/mol. The van der Waals surface area contributed by atoms with Gasteiger partial charge in [-0.3, -0.25) is 9.89 Å². The molecule has 2 fully saturated rings. The molecule has 0 radical (unpaired) electrons. The molecule has 7 heteroatoms. The first-order valence-electron chi connectivity index (χ1n) is 9.64. The van der Waals surface area contributed by atoms with Crippen LogP contribution in [0.4, 0.5) is 5.82 Å². The fourth-order valence-electron chi connectivity index (χ4n) is 3.90. The molecule has 1 amide bonds. The maximum Gasteiger partial charge on any atom is 0.222 e. The SMILES string of the molecule is CC1CCN(C(=O)CCc2[nH]nc3ccnc(NC4CCOCC4)c23)C1. The van der Waals surface area contributed by atoms with Gasteiger partial charge in [-0.2, -0.15) is 5.10 Å². The van der Waals surface area contributed by atoms with Crippen LogP contribution in [0.5, 0.6) is 0 Å². The molecular formula is C19H27N5O2. The summed E-state index contributed by atoms with van der Waals surface area (Å²) in [5, 5.41) is 12.1. The number of amides is 1. The van der Waals surface area contributed by atoms with E-state index in [9.17, 15) is 4.79 Å². The van der Waals surface area contributed by atoms with Gasteiger partial charge in [-0.25, -0.2) is 4.98 Å². The number of carbonyl (C=O) groups excluding carboxylic acids is 1.